The van der Waals surface area contributed by atoms with Gasteiger partial charge in [-0.1, -0.05) is 19.8 Å². The van der Waals surface area contributed by atoms with Crippen LogP contribution in [0.5, 0.6) is 5.75 Å². The van der Waals surface area contributed by atoms with Crippen molar-refractivity contribution in [2.24, 2.45) is 0 Å². The minimum absolute atomic E-state index is 0.0513. The van der Waals surface area contributed by atoms with Gasteiger partial charge in [0, 0.05) is 39.3 Å². The smallest absolute Gasteiger partial charge is 0.243 e. The van der Waals surface area contributed by atoms with Crippen LogP contribution >= 0.6 is 0 Å². The minimum atomic E-state index is -3.78. The number of benzene rings is 1. The van der Waals surface area contributed by atoms with Gasteiger partial charge in [0.15, 0.2) is 0 Å². The third kappa shape index (κ3) is 6.15. The first-order valence-electron chi connectivity index (χ1n) is 9.64. The van der Waals surface area contributed by atoms with E-state index < -0.39 is 20.0 Å². The van der Waals surface area contributed by atoms with Crippen molar-refractivity contribution in [2.75, 3.05) is 52.1 Å². The second-order valence-electron chi connectivity index (χ2n) is 6.75. The zero-order valence-electron chi connectivity index (χ0n) is 16.6. The van der Waals surface area contributed by atoms with E-state index in [0.717, 1.165) is 12.8 Å². The highest BCUT2D eigenvalue weighted by Crippen LogP contribution is 2.20. The lowest BCUT2D eigenvalue weighted by Gasteiger charge is -2.28. The average Bonchev–Trinajstić information content (AvgIpc) is 2.71. The number of rotatable bonds is 11. The summed E-state index contributed by atoms with van der Waals surface area (Å²) < 4.78 is 59.2. The number of unbranched alkanes of at least 4 members (excludes halogenated alkanes) is 2. The molecular weight excluding hydrogens is 402 g/mol. The Labute approximate surface area is 169 Å². The number of hydrogen-bond donors (Lipinski definition) is 1. The summed E-state index contributed by atoms with van der Waals surface area (Å²) in [5.41, 5.74) is 0. The third-order valence-corrected chi connectivity index (χ3v) is 8.54. The van der Waals surface area contributed by atoms with Gasteiger partial charge in [-0.2, -0.15) is 8.61 Å². The van der Waals surface area contributed by atoms with Gasteiger partial charge in [0.25, 0.3) is 0 Å². The quantitative estimate of drug-likeness (QED) is 0.525. The summed E-state index contributed by atoms with van der Waals surface area (Å²) in [4.78, 5) is 0.143. The van der Waals surface area contributed by atoms with Gasteiger partial charge in [0.05, 0.1) is 17.8 Å². The highest BCUT2D eigenvalue weighted by molar-refractivity contribution is 7.90. The number of ether oxygens (including phenoxy) is 1. The van der Waals surface area contributed by atoms with E-state index in [0.29, 0.717) is 44.9 Å². The third-order valence-electron chi connectivity index (χ3n) is 4.78. The van der Waals surface area contributed by atoms with Crippen molar-refractivity contribution in [2.45, 2.75) is 31.1 Å². The molecule has 160 valence electrons. The molecule has 1 fully saturated rings. The number of nitrogens with one attached hydrogen (secondary N) is 1. The maximum absolute atomic E-state index is 13.1. The second kappa shape index (κ2) is 10.5. The minimum Gasteiger partial charge on any atom is -0.497 e. The second-order valence-corrected chi connectivity index (χ2v) is 10.8. The van der Waals surface area contributed by atoms with E-state index in [4.69, 9.17) is 4.74 Å². The molecule has 0 amide bonds. The summed E-state index contributed by atoms with van der Waals surface area (Å²) in [5, 5.41) is 3.12. The molecule has 8 nitrogen and oxygen atoms in total. The molecule has 1 saturated heterocycles. The molecular formula is C18H31N3O5S2. The molecule has 0 atom stereocenters. The summed E-state index contributed by atoms with van der Waals surface area (Å²) in [6, 6.07) is 6.17. The largest absolute Gasteiger partial charge is 0.497 e. The Balaban J connectivity index is 2.15. The molecule has 1 aliphatic heterocycles. The van der Waals surface area contributed by atoms with Gasteiger partial charge in [-0.05, 0) is 30.7 Å². The first-order valence-corrected chi connectivity index (χ1v) is 12.7. The number of piperazine rings is 1. The van der Waals surface area contributed by atoms with Crippen LogP contribution in [0.25, 0.3) is 0 Å². The summed E-state index contributed by atoms with van der Waals surface area (Å²) in [7, 11) is -5.76. The predicted molar refractivity (Wildman–Crippen MR) is 110 cm³/mol. The Hall–Kier alpha value is -1.20. The normalized spacial score (nSPS) is 16.4. The Morgan fingerprint density at radius 3 is 2.25 bits per heavy atom. The van der Waals surface area contributed by atoms with Crippen molar-refractivity contribution in [3.63, 3.8) is 0 Å². The zero-order chi connectivity index (χ0) is 20.6. The highest BCUT2D eigenvalue weighted by Gasteiger charge is 2.29. The standard InChI is InChI=1S/C18H31N3O5S2/c1-3-4-5-12-21(15-16-27(22,23)20-13-10-19-11-14-20)28(24,25)18-8-6-17(26-2)7-9-18/h6-9,19H,3-5,10-16H2,1-2H3. The lowest BCUT2D eigenvalue weighted by atomic mass is 10.2. The van der Waals surface area contributed by atoms with Gasteiger partial charge in [0.2, 0.25) is 20.0 Å². The summed E-state index contributed by atoms with van der Waals surface area (Å²) >= 11 is 0. The fourth-order valence-corrected chi connectivity index (χ4v) is 6.10. The summed E-state index contributed by atoms with van der Waals surface area (Å²) in [6.07, 6.45) is 2.54. The molecule has 0 saturated carbocycles. The number of sulfonamides is 2. The van der Waals surface area contributed by atoms with Crippen LogP contribution < -0.4 is 10.1 Å². The molecule has 1 aromatic rings. The first kappa shape index (κ1) is 23.1. The van der Waals surface area contributed by atoms with E-state index in [1.165, 1.54) is 27.9 Å². The molecule has 0 unspecified atom stereocenters. The lowest BCUT2D eigenvalue weighted by molar-refractivity contribution is 0.355. The molecule has 28 heavy (non-hydrogen) atoms. The Morgan fingerprint density at radius 1 is 1.04 bits per heavy atom. The van der Waals surface area contributed by atoms with Crippen LogP contribution in [0, 0.1) is 0 Å². The molecule has 0 radical (unpaired) electrons. The van der Waals surface area contributed by atoms with Crippen LogP contribution in [0.2, 0.25) is 0 Å². The molecule has 1 aliphatic rings. The van der Waals surface area contributed by atoms with Gasteiger partial charge < -0.3 is 10.1 Å². The van der Waals surface area contributed by atoms with Gasteiger partial charge in [-0.25, -0.2) is 16.8 Å². The maximum Gasteiger partial charge on any atom is 0.243 e. The molecule has 1 heterocycles. The molecule has 1 N–H and O–H groups in total. The zero-order valence-corrected chi connectivity index (χ0v) is 18.3. The van der Waals surface area contributed by atoms with Crippen LogP contribution in [0.1, 0.15) is 26.2 Å². The molecule has 0 aromatic heterocycles. The first-order chi connectivity index (χ1) is 13.3. The fraction of sp³-hybridized carbons (Fsp3) is 0.667. The Bertz CT molecular complexity index is 804. The average molecular weight is 434 g/mol. The Kier molecular flexibility index (Phi) is 8.69. The van der Waals surface area contributed by atoms with Crippen LogP contribution in [0.15, 0.2) is 29.2 Å². The van der Waals surface area contributed by atoms with Crippen molar-refractivity contribution in [1.82, 2.24) is 13.9 Å². The Morgan fingerprint density at radius 2 is 1.68 bits per heavy atom. The topological polar surface area (TPSA) is 96.0 Å². The van der Waals surface area contributed by atoms with E-state index in [1.54, 1.807) is 12.1 Å². The molecule has 0 spiro atoms. The predicted octanol–water partition coefficient (Wildman–Crippen LogP) is 1.11. The van der Waals surface area contributed by atoms with Crippen LogP contribution in [0.3, 0.4) is 0 Å². The van der Waals surface area contributed by atoms with E-state index in [9.17, 15) is 16.8 Å². The number of methoxy groups -OCH3 is 1. The fourth-order valence-electron chi connectivity index (χ4n) is 3.06. The van der Waals surface area contributed by atoms with Crippen molar-refractivity contribution in [3.05, 3.63) is 24.3 Å². The molecule has 10 heteroatoms. The van der Waals surface area contributed by atoms with Gasteiger partial charge >= 0.3 is 0 Å². The van der Waals surface area contributed by atoms with Crippen molar-refractivity contribution < 1.29 is 21.6 Å². The van der Waals surface area contributed by atoms with Gasteiger partial charge in [0.1, 0.15) is 5.75 Å². The van der Waals surface area contributed by atoms with E-state index in [2.05, 4.69) is 5.32 Å². The lowest BCUT2D eigenvalue weighted by Crippen LogP contribution is -2.48. The monoisotopic (exact) mass is 433 g/mol. The maximum atomic E-state index is 13.1. The van der Waals surface area contributed by atoms with E-state index >= 15 is 0 Å². The summed E-state index contributed by atoms with van der Waals surface area (Å²) in [5.74, 6) is 0.354. The van der Waals surface area contributed by atoms with Crippen LogP contribution in [-0.4, -0.2) is 77.6 Å². The van der Waals surface area contributed by atoms with Crippen LogP contribution in [-0.2, 0) is 20.0 Å². The van der Waals surface area contributed by atoms with E-state index in [1.807, 2.05) is 6.92 Å². The van der Waals surface area contributed by atoms with Gasteiger partial charge in [-0.3, -0.25) is 0 Å². The molecule has 2 rings (SSSR count). The van der Waals surface area contributed by atoms with Crippen molar-refractivity contribution >= 4 is 20.0 Å². The number of hydrogen-bond acceptors (Lipinski definition) is 6. The van der Waals surface area contributed by atoms with Crippen molar-refractivity contribution in [3.8, 4) is 5.75 Å². The SMILES string of the molecule is CCCCCN(CCS(=O)(=O)N1CCNCC1)S(=O)(=O)c1ccc(OC)cc1. The summed E-state index contributed by atoms with van der Waals surface area (Å²) in [6.45, 7) is 4.36. The molecule has 0 aliphatic carbocycles. The molecule has 1 aromatic carbocycles. The van der Waals surface area contributed by atoms with Crippen LogP contribution in [0.4, 0.5) is 0 Å². The molecule has 0 bridgehead atoms. The highest BCUT2D eigenvalue weighted by atomic mass is 32.2. The number of nitrogens with zero attached hydrogens (tertiary/aromatic N) is 2. The van der Waals surface area contributed by atoms with E-state index in [-0.39, 0.29) is 17.2 Å². The van der Waals surface area contributed by atoms with Crippen molar-refractivity contribution in [1.29, 1.82) is 0 Å². The van der Waals surface area contributed by atoms with Gasteiger partial charge in [-0.15, -0.1) is 0 Å².